The summed E-state index contributed by atoms with van der Waals surface area (Å²) in [5.41, 5.74) is 5.29. The first-order valence-corrected chi connectivity index (χ1v) is 12.6. The number of hydrogen-bond acceptors (Lipinski definition) is 7. The fourth-order valence-electron chi connectivity index (χ4n) is 3.18. The minimum Gasteiger partial charge on any atom is -0.444 e. The van der Waals surface area contributed by atoms with E-state index in [9.17, 15) is 14.4 Å². The van der Waals surface area contributed by atoms with Crippen molar-refractivity contribution >= 4 is 40.1 Å². The SMILES string of the molecule is CC(C)C[C@H](NC(=O)OC(C)(C)C)C(=O)NNC(=O)c1csc(N(CC(C)C)c2ccccc2)n1. The molecule has 0 saturated carbocycles. The number of amides is 3. The van der Waals surface area contributed by atoms with Gasteiger partial charge in [0.2, 0.25) is 0 Å². The summed E-state index contributed by atoms with van der Waals surface area (Å²) in [5.74, 6) is -0.577. The lowest BCUT2D eigenvalue weighted by Crippen LogP contribution is -2.53. The second-order valence-electron chi connectivity index (χ2n) is 10.1. The molecular weight excluding hydrogens is 466 g/mol. The second kappa shape index (κ2) is 12.5. The minimum absolute atomic E-state index is 0.127. The van der Waals surface area contributed by atoms with Gasteiger partial charge in [-0.15, -0.1) is 11.3 Å². The fourth-order valence-corrected chi connectivity index (χ4v) is 4.02. The average Bonchev–Trinajstić information content (AvgIpc) is 3.24. The molecule has 0 saturated heterocycles. The van der Waals surface area contributed by atoms with Crippen LogP contribution in [0.2, 0.25) is 0 Å². The van der Waals surface area contributed by atoms with Gasteiger partial charge in [0.15, 0.2) is 5.13 Å². The molecule has 1 aromatic carbocycles. The molecule has 3 amide bonds. The predicted octanol–water partition coefficient (Wildman–Crippen LogP) is 4.64. The van der Waals surface area contributed by atoms with Crippen LogP contribution >= 0.6 is 11.3 Å². The fraction of sp³-hybridized carbons (Fsp3) is 0.520. The number of alkyl carbamates (subject to hydrolysis) is 1. The van der Waals surface area contributed by atoms with Crippen molar-refractivity contribution in [3.05, 3.63) is 41.4 Å². The molecule has 1 aromatic heterocycles. The number of ether oxygens (including phenoxy) is 1. The van der Waals surface area contributed by atoms with Crippen LogP contribution in [0.25, 0.3) is 0 Å². The average molecular weight is 504 g/mol. The zero-order chi connectivity index (χ0) is 26.2. The highest BCUT2D eigenvalue weighted by Gasteiger charge is 2.26. The van der Waals surface area contributed by atoms with Gasteiger partial charge in [-0.25, -0.2) is 9.78 Å². The van der Waals surface area contributed by atoms with E-state index in [0.29, 0.717) is 17.5 Å². The Balaban J connectivity index is 2.05. The first-order valence-electron chi connectivity index (χ1n) is 11.7. The summed E-state index contributed by atoms with van der Waals surface area (Å²) >= 11 is 1.35. The Morgan fingerprint density at radius 1 is 1.03 bits per heavy atom. The molecule has 2 aromatic rings. The number of anilines is 2. The van der Waals surface area contributed by atoms with Crippen LogP contribution in [-0.4, -0.2) is 41.1 Å². The summed E-state index contributed by atoms with van der Waals surface area (Å²) in [7, 11) is 0. The van der Waals surface area contributed by atoms with Gasteiger partial charge in [-0.05, 0) is 51.2 Å². The van der Waals surface area contributed by atoms with Crippen LogP contribution in [0.15, 0.2) is 35.7 Å². The highest BCUT2D eigenvalue weighted by atomic mass is 32.1. The number of para-hydroxylation sites is 1. The largest absolute Gasteiger partial charge is 0.444 e. The molecule has 0 aliphatic carbocycles. The molecule has 0 spiro atoms. The molecule has 35 heavy (non-hydrogen) atoms. The van der Waals surface area contributed by atoms with E-state index in [1.165, 1.54) is 11.3 Å². The lowest BCUT2D eigenvalue weighted by molar-refractivity contribution is -0.124. The van der Waals surface area contributed by atoms with Crippen molar-refractivity contribution in [2.75, 3.05) is 11.4 Å². The van der Waals surface area contributed by atoms with E-state index < -0.39 is 29.6 Å². The topological polar surface area (TPSA) is 113 Å². The molecular formula is C25H37N5O4S. The van der Waals surface area contributed by atoms with Crippen LogP contribution < -0.4 is 21.1 Å². The summed E-state index contributed by atoms with van der Waals surface area (Å²) in [6.07, 6.45) is -0.317. The van der Waals surface area contributed by atoms with E-state index in [1.807, 2.05) is 44.2 Å². The molecule has 1 atom stereocenters. The summed E-state index contributed by atoms with van der Waals surface area (Å²) in [4.78, 5) is 44.1. The monoisotopic (exact) mass is 503 g/mol. The molecule has 1 heterocycles. The van der Waals surface area contributed by atoms with Gasteiger partial charge in [-0.3, -0.25) is 20.4 Å². The van der Waals surface area contributed by atoms with Crippen molar-refractivity contribution in [2.45, 2.75) is 66.5 Å². The maximum absolute atomic E-state index is 12.7. The third kappa shape index (κ3) is 9.56. The number of hydrazine groups is 1. The summed E-state index contributed by atoms with van der Waals surface area (Å²) in [5, 5.41) is 4.92. The van der Waals surface area contributed by atoms with Crippen LogP contribution in [0.4, 0.5) is 15.6 Å². The number of benzene rings is 1. The minimum atomic E-state index is -0.865. The van der Waals surface area contributed by atoms with Gasteiger partial charge in [0.25, 0.3) is 11.8 Å². The van der Waals surface area contributed by atoms with Crippen molar-refractivity contribution in [1.82, 2.24) is 21.2 Å². The molecule has 192 valence electrons. The number of thiazole rings is 1. The standard InChI is InChI=1S/C25H37N5O4S/c1-16(2)13-19(27-24(33)34-25(5,6)7)21(31)28-29-22(32)20-15-35-23(26-20)30(14-17(3)4)18-11-9-8-10-12-18/h8-12,15-17,19H,13-14H2,1-7H3,(H,27,33)(H,28,31)(H,29,32)/t19-/m0/s1. The van der Waals surface area contributed by atoms with E-state index in [1.54, 1.807) is 26.2 Å². The number of hydrogen-bond donors (Lipinski definition) is 3. The van der Waals surface area contributed by atoms with E-state index in [4.69, 9.17) is 4.74 Å². The summed E-state index contributed by atoms with van der Waals surface area (Å²) in [6, 6.07) is 8.99. The van der Waals surface area contributed by atoms with E-state index >= 15 is 0 Å². The lowest BCUT2D eigenvalue weighted by atomic mass is 10.0. The number of carbonyl (C=O) groups excluding carboxylic acids is 3. The van der Waals surface area contributed by atoms with Crippen LogP contribution in [0.1, 0.15) is 65.4 Å². The summed E-state index contributed by atoms with van der Waals surface area (Å²) in [6.45, 7) is 14.1. The number of carbonyl (C=O) groups is 3. The molecule has 9 nitrogen and oxygen atoms in total. The second-order valence-corrected chi connectivity index (χ2v) is 11.0. The van der Waals surface area contributed by atoms with Gasteiger partial charge in [0.05, 0.1) is 0 Å². The van der Waals surface area contributed by atoms with Crippen LogP contribution in [0, 0.1) is 11.8 Å². The number of rotatable bonds is 9. The lowest BCUT2D eigenvalue weighted by Gasteiger charge is -2.24. The zero-order valence-corrected chi connectivity index (χ0v) is 22.4. The zero-order valence-electron chi connectivity index (χ0n) is 21.5. The maximum Gasteiger partial charge on any atom is 0.408 e. The Hall–Kier alpha value is -3.14. The molecule has 3 N–H and O–H groups in total. The third-order valence-electron chi connectivity index (χ3n) is 4.58. The quantitative estimate of drug-likeness (QED) is 0.430. The highest BCUT2D eigenvalue weighted by Crippen LogP contribution is 2.29. The Morgan fingerprint density at radius 2 is 1.69 bits per heavy atom. The first kappa shape index (κ1) is 28.1. The predicted molar refractivity (Wildman–Crippen MR) is 139 cm³/mol. The Bertz CT molecular complexity index is 985. The van der Waals surface area contributed by atoms with Crippen molar-refractivity contribution in [3.63, 3.8) is 0 Å². The number of nitrogens with one attached hydrogen (secondary N) is 3. The normalized spacial score (nSPS) is 12.3. The van der Waals surface area contributed by atoms with E-state index in [-0.39, 0.29) is 11.6 Å². The van der Waals surface area contributed by atoms with Crippen LogP contribution in [-0.2, 0) is 9.53 Å². The molecule has 0 fully saturated rings. The van der Waals surface area contributed by atoms with E-state index in [0.717, 1.165) is 12.2 Å². The molecule has 0 radical (unpaired) electrons. The maximum atomic E-state index is 12.7. The molecule has 0 bridgehead atoms. The molecule has 0 unspecified atom stereocenters. The highest BCUT2D eigenvalue weighted by molar-refractivity contribution is 7.14. The number of nitrogens with zero attached hydrogens (tertiary/aromatic N) is 2. The van der Waals surface area contributed by atoms with Gasteiger partial charge in [0.1, 0.15) is 17.3 Å². The van der Waals surface area contributed by atoms with Crippen molar-refractivity contribution in [3.8, 4) is 0 Å². The van der Waals surface area contributed by atoms with Crippen molar-refractivity contribution < 1.29 is 19.1 Å². The third-order valence-corrected chi connectivity index (χ3v) is 5.45. The van der Waals surface area contributed by atoms with Gasteiger partial charge in [0, 0.05) is 17.6 Å². The Morgan fingerprint density at radius 3 is 2.26 bits per heavy atom. The van der Waals surface area contributed by atoms with Crippen molar-refractivity contribution in [1.29, 1.82) is 0 Å². The van der Waals surface area contributed by atoms with Crippen molar-refractivity contribution in [2.24, 2.45) is 11.8 Å². The van der Waals surface area contributed by atoms with Crippen LogP contribution in [0.5, 0.6) is 0 Å². The van der Waals surface area contributed by atoms with E-state index in [2.05, 4.69) is 39.9 Å². The molecule has 2 rings (SSSR count). The first-order chi connectivity index (χ1) is 16.4. The number of aromatic nitrogens is 1. The molecule has 0 aliphatic rings. The Kier molecular flexibility index (Phi) is 10.1. The molecule has 0 aliphatic heterocycles. The van der Waals surface area contributed by atoms with Gasteiger partial charge in [-0.1, -0.05) is 45.9 Å². The van der Waals surface area contributed by atoms with Gasteiger partial charge >= 0.3 is 6.09 Å². The summed E-state index contributed by atoms with van der Waals surface area (Å²) < 4.78 is 5.25. The smallest absolute Gasteiger partial charge is 0.408 e. The van der Waals surface area contributed by atoms with Crippen LogP contribution in [0.3, 0.4) is 0 Å². The van der Waals surface area contributed by atoms with Gasteiger partial charge < -0.3 is 15.0 Å². The Labute approximate surface area is 211 Å². The molecule has 10 heteroatoms. The van der Waals surface area contributed by atoms with Gasteiger partial charge in [-0.2, -0.15) is 0 Å².